The van der Waals surface area contributed by atoms with Crippen molar-refractivity contribution in [1.82, 2.24) is 20.6 Å². The summed E-state index contributed by atoms with van der Waals surface area (Å²) in [5.74, 6) is 0.725. The topological polar surface area (TPSA) is 52.7 Å². The van der Waals surface area contributed by atoms with Crippen LogP contribution in [0.5, 0.6) is 0 Å². The molecule has 1 rings (SSSR count). The van der Waals surface area contributed by atoms with E-state index >= 15 is 0 Å². The Labute approximate surface area is 85.5 Å². The molecule has 3 N–H and O–H groups in total. The molecule has 0 aliphatic carbocycles. The monoisotopic (exact) mass is 196 g/mol. The second-order valence-electron chi connectivity index (χ2n) is 3.85. The van der Waals surface area contributed by atoms with E-state index in [1.807, 2.05) is 6.20 Å². The van der Waals surface area contributed by atoms with Crippen molar-refractivity contribution < 1.29 is 0 Å². The molecule has 0 aliphatic heterocycles. The highest BCUT2D eigenvalue weighted by molar-refractivity contribution is 4.92. The molecule has 0 saturated heterocycles. The highest BCUT2D eigenvalue weighted by Crippen LogP contribution is 1.88. The Bertz CT molecular complexity index is 218. The van der Waals surface area contributed by atoms with Crippen molar-refractivity contribution in [2.75, 3.05) is 19.6 Å². The smallest absolute Gasteiger partial charge is 0.0922 e. The molecule has 80 valence electrons. The average Bonchev–Trinajstić information content (AvgIpc) is 2.63. The quantitative estimate of drug-likeness (QED) is 0.564. The van der Waals surface area contributed by atoms with Crippen molar-refractivity contribution in [3.05, 3.63) is 18.2 Å². The van der Waals surface area contributed by atoms with E-state index < -0.39 is 0 Å². The van der Waals surface area contributed by atoms with Crippen molar-refractivity contribution >= 4 is 0 Å². The van der Waals surface area contributed by atoms with Crippen molar-refractivity contribution in [3.63, 3.8) is 0 Å². The number of nitrogens with zero attached hydrogens (tertiary/aromatic N) is 1. The van der Waals surface area contributed by atoms with Gasteiger partial charge >= 0.3 is 0 Å². The van der Waals surface area contributed by atoms with Crippen LogP contribution in [0.3, 0.4) is 0 Å². The number of H-pyrrole nitrogens is 1. The third-order valence-electron chi connectivity index (χ3n) is 1.90. The molecular formula is C10H20N4. The summed E-state index contributed by atoms with van der Waals surface area (Å²) in [5.41, 5.74) is 1.13. The highest BCUT2D eigenvalue weighted by Gasteiger charge is 1.93. The predicted molar refractivity (Wildman–Crippen MR) is 58.0 cm³/mol. The lowest BCUT2D eigenvalue weighted by Gasteiger charge is -2.07. The largest absolute Gasteiger partial charge is 0.347 e. The fourth-order valence-corrected chi connectivity index (χ4v) is 1.17. The van der Waals surface area contributed by atoms with E-state index in [1.54, 1.807) is 6.33 Å². The van der Waals surface area contributed by atoms with Gasteiger partial charge in [-0.05, 0) is 12.5 Å². The lowest BCUT2D eigenvalue weighted by Crippen LogP contribution is -2.29. The minimum atomic E-state index is 0.725. The molecule has 0 aliphatic rings. The van der Waals surface area contributed by atoms with E-state index in [0.29, 0.717) is 0 Å². The van der Waals surface area contributed by atoms with E-state index in [-0.39, 0.29) is 0 Å². The first kappa shape index (κ1) is 11.2. The van der Waals surface area contributed by atoms with Gasteiger partial charge in [0.2, 0.25) is 0 Å². The van der Waals surface area contributed by atoms with Gasteiger partial charge in [-0.25, -0.2) is 4.98 Å². The lowest BCUT2D eigenvalue weighted by molar-refractivity contribution is 0.534. The molecule has 0 radical (unpaired) electrons. The third kappa shape index (κ3) is 4.99. The second-order valence-corrected chi connectivity index (χ2v) is 3.85. The Morgan fingerprint density at radius 2 is 2.14 bits per heavy atom. The molecule has 0 aromatic carbocycles. The normalized spacial score (nSPS) is 11.1. The first-order chi connectivity index (χ1) is 6.79. The number of hydrogen-bond donors (Lipinski definition) is 3. The van der Waals surface area contributed by atoms with Crippen LogP contribution < -0.4 is 10.6 Å². The van der Waals surface area contributed by atoms with Gasteiger partial charge in [0.05, 0.1) is 6.33 Å². The molecule has 1 aromatic heterocycles. The second kappa shape index (κ2) is 6.56. The minimum Gasteiger partial charge on any atom is -0.347 e. The molecule has 0 unspecified atom stereocenters. The zero-order chi connectivity index (χ0) is 10.2. The van der Waals surface area contributed by atoms with Crippen molar-refractivity contribution in [3.8, 4) is 0 Å². The van der Waals surface area contributed by atoms with Gasteiger partial charge < -0.3 is 15.6 Å². The Hall–Kier alpha value is -0.870. The van der Waals surface area contributed by atoms with Gasteiger partial charge in [-0.3, -0.25) is 0 Å². The molecule has 0 fully saturated rings. The van der Waals surface area contributed by atoms with Gasteiger partial charge in [0.1, 0.15) is 0 Å². The summed E-state index contributed by atoms with van der Waals surface area (Å²) in [4.78, 5) is 7.00. The van der Waals surface area contributed by atoms with Crippen LogP contribution in [-0.2, 0) is 6.54 Å². The van der Waals surface area contributed by atoms with Crippen LogP contribution in [-0.4, -0.2) is 29.6 Å². The van der Waals surface area contributed by atoms with Gasteiger partial charge in [0.25, 0.3) is 0 Å². The highest BCUT2D eigenvalue weighted by atomic mass is 15.0. The number of nitrogens with one attached hydrogen (secondary N) is 3. The molecule has 0 saturated carbocycles. The summed E-state index contributed by atoms with van der Waals surface area (Å²) in [5, 5.41) is 6.70. The van der Waals surface area contributed by atoms with Crippen LogP contribution in [0.1, 0.15) is 19.5 Å². The summed E-state index contributed by atoms with van der Waals surface area (Å²) in [6.45, 7) is 8.39. The van der Waals surface area contributed by atoms with Crippen LogP contribution in [0.2, 0.25) is 0 Å². The van der Waals surface area contributed by atoms with E-state index in [0.717, 1.165) is 37.8 Å². The number of rotatable bonds is 7. The molecule has 0 atom stereocenters. The van der Waals surface area contributed by atoms with Gasteiger partial charge in [0.15, 0.2) is 0 Å². The Morgan fingerprint density at radius 1 is 1.36 bits per heavy atom. The molecular weight excluding hydrogens is 176 g/mol. The number of imidazole rings is 1. The van der Waals surface area contributed by atoms with Gasteiger partial charge in [-0.2, -0.15) is 0 Å². The minimum absolute atomic E-state index is 0.725. The van der Waals surface area contributed by atoms with Crippen LogP contribution in [0, 0.1) is 5.92 Å². The van der Waals surface area contributed by atoms with Gasteiger partial charge in [-0.15, -0.1) is 0 Å². The fourth-order valence-electron chi connectivity index (χ4n) is 1.17. The molecule has 0 amide bonds. The third-order valence-corrected chi connectivity index (χ3v) is 1.90. The van der Waals surface area contributed by atoms with Crippen molar-refractivity contribution in [1.29, 1.82) is 0 Å². The Kier molecular flexibility index (Phi) is 5.25. The van der Waals surface area contributed by atoms with Crippen molar-refractivity contribution in [2.45, 2.75) is 20.4 Å². The molecule has 0 spiro atoms. The molecule has 4 nitrogen and oxygen atoms in total. The van der Waals surface area contributed by atoms with Crippen molar-refractivity contribution in [2.24, 2.45) is 5.92 Å². The standard InChI is InChI=1S/C10H20N4/c1-9(2)5-11-3-4-12-6-10-7-13-8-14-10/h7-9,11-12H,3-6H2,1-2H3,(H,13,14). The molecule has 0 bridgehead atoms. The first-order valence-corrected chi connectivity index (χ1v) is 5.17. The van der Waals surface area contributed by atoms with E-state index in [9.17, 15) is 0 Å². The zero-order valence-corrected chi connectivity index (χ0v) is 9.01. The van der Waals surface area contributed by atoms with E-state index in [4.69, 9.17) is 0 Å². The van der Waals surface area contributed by atoms with Gasteiger partial charge in [0, 0.05) is 31.5 Å². The fraction of sp³-hybridized carbons (Fsp3) is 0.700. The summed E-state index contributed by atoms with van der Waals surface area (Å²) in [7, 11) is 0. The molecule has 4 heteroatoms. The summed E-state index contributed by atoms with van der Waals surface area (Å²) >= 11 is 0. The maximum atomic E-state index is 3.95. The number of aromatic nitrogens is 2. The first-order valence-electron chi connectivity index (χ1n) is 5.17. The lowest BCUT2D eigenvalue weighted by atomic mass is 10.2. The molecule has 14 heavy (non-hydrogen) atoms. The summed E-state index contributed by atoms with van der Waals surface area (Å²) < 4.78 is 0. The summed E-state index contributed by atoms with van der Waals surface area (Å²) in [6, 6.07) is 0. The number of aromatic amines is 1. The van der Waals surface area contributed by atoms with E-state index in [1.165, 1.54) is 0 Å². The molecule has 1 aromatic rings. The van der Waals surface area contributed by atoms with E-state index in [2.05, 4.69) is 34.4 Å². The predicted octanol–water partition coefficient (Wildman–Crippen LogP) is 0.745. The number of hydrogen-bond acceptors (Lipinski definition) is 3. The van der Waals surface area contributed by atoms with Crippen LogP contribution in [0.4, 0.5) is 0 Å². The van der Waals surface area contributed by atoms with Gasteiger partial charge in [-0.1, -0.05) is 13.8 Å². The Balaban J connectivity index is 1.90. The summed E-state index contributed by atoms with van der Waals surface area (Å²) in [6.07, 6.45) is 3.54. The maximum Gasteiger partial charge on any atom is 0.0922 e. The Morgan fingerprint density at radius 3 is 2.79 bits per heavy atom. The van der Waals surface area contributed by atoms with Crippen LogP contribution in [0.15, 0.2) is 12.5 Å². The van der Waals surface area contributed by atoms with Crippen LogP contribution >= 0.6 is 0 Å². The van der Waals surface area contributed by atoms with Crippen LogP contribution in [0.25, 0.3) is 0 Å². The SMILES string of the molecule is CC(C)CNCCNCc1cnc[nH]1. The zero-order valence-electron chi connectivity index (χ0n) is 9.01. The average molecular weight is 196 g/mol. The molecule has 1 heterocycles. The maximum absolute atomic E-state index is 3.95.